The van der Waals surface area contributed by atoms with E-state index in [1.807, 2.05) is 42.5 Å². The smallest absolute Gasteiger partial charge is 0.196 e. The molecule has 0 spiro atoms. The van der Waals surface area contributed by atoms with E-state index >= 15 is 0 Å². The van der Waals surface area contributed by atoms with E-state index in [2.05, 4.69) is 5.32 Å². The number of allylic oxidation sites excluding steroid dienone is 2. The zero-order chi connectivity index (χ0) is 19.7. The van der Waals surface area contributed by atoms with Gasteiger partial charge in [-0.25, -0.2) is 0 Å². The maximum Gasteiger partial charge on any atom is 0.196 e. The summed E-state index contributed by atoms with van der Waals surface area (Å²) in [4.78, 5) is 26.7. The van der Waals surface area contributed by atoms with E-state index in [4.69, 9.17) is 0 Å². The first-order chi connectivity index (χ1) is 14.2. The number of Topliss-reactive ketones (excluding diaryl/α,β-unsaturated/α-hetero) is 2. The zero-order valence-electron chi connectivity index (χ0n) is 15.3. The first-order valence-corrected chi connectivity index (χ1v) is 9.48. The maximum atomic E-state index is 13.4. The van der Waals surface area contributed by atoms with Gasteiger partial charge in [-0.15, -0.1) is 0 Å². The molecular formula is C25H15NO3. The van der Waals surface area contributed by atoms with Gasteiger partial charge >= 0.3 is 0 Å². The van der Waals surface area contributed by atoms with Gasteiger partial charge in [0.05, 0.1) is 17.3 Å². The maximum absolute atomic E-state index is 13.4. The normalized spacial score (nSPS) is 19.0. The van der Waals surface area contributed by atoms with Crippen molar-refractivity contribution >= 4 is 22.8 Å². The number of para-hydroxylation sites is 1. The summed E-state index contributed by atoms with van der Waals surface area (Å²) in [5, 5.41) is 14.1. The molecule has 3 aliphatic rings. The lowest BCUT2D eigenvalue weighted by molar-refractivity contribution is 0.103. The summed E-state index contributed by atoms with van der Waals surface area (Å²) in [7, 11) is 0. The molecule has 0 saturated carbocycles. The van der Waals surface area contributed by atoms with Crippen LogP contribution in [-0.4, -0.2) is 16.7 Å². The van der Waals surface area contributed by atoms with Crippen LogP contribution in [0.3, 0.4) is 0 Å². The zero-order valence-corrected chi connectivity index (χ0v) is 15.3. The minimum absolute atomic E-state index is 0.0509. The molecule has 0 saturated heterocycles. The van der Waals surface area contributed by atoms with Crippen molar-refractivity contribution < 1.29 is 14.7 Å². The fourth-order valence-corrected chi connectivity index (χ4v) is 4.71. The number of phenolic OH excluding ortho intramolecular Hbond substituents is 1. The Hall–Kier alpha value is -3.92. The van der Waals surface area contributed by atoms with Crippen LogP contribution in [-0.2, 0) is 0 Å². The highest BCUT2D eigenvalue weighted by Crippen LogP contribution is 2.52. The van der Waals surface area contributed by atoms with E-state index in [0.29, 0.717) is 33.4 Å². The van der Waals surface area contributed by atoms with Gasteiger partial charge in [0.15, 0.2) is 11.6 Å². The van der Waals surface area contributed by atoms with Gasteiger partial charge in [0.2, 0.25) is 0 Å². The van der Waals surface area contributed by atoms with Crippen molar-refractivity contribution in [3.8, 4) is 5.75 Å². The predicted molar refractivity (Wildman–Crippen MR) is 109 cm³/mol. The minimum atomic E-state index is -0.356. The first kappa shape index (κ1) is 16.1. The second-order valence-corrected chi connectivity index (χ2v) is 7.42. The summed E-state index contributed by atoms with van der Waals surface area (Å²) in [6, 6.07) is 21.5. The van der Waals surface area contributed by atoms with Gasteiger partial charge in [0, 0.05) is 33.4 Å². The molecule has 0 aromatic heterocycles. The number of ketones is 2. The highest BCUT2D eigenvalue weighted by atomic mass is 16.3. The standard InChI is InChI=1S/C25H15NO3/c27-18-12-6-5-11-17(18)19-20-22(13-7-1-3-9-15(13)24(20)28)26-23-14-8-2-4-10-16(14)25(29)21(19)23/h1-12,22,26-27H. The number of benzene rings is 3. The molecule has 0 fully saturated rings. The van der Waals surface area contributed by atoms with E-state index < -0.39 is 0 Å². The number of dihydropyridines is 1. The summed E-state index contributed by atoms with van der Waals surface area (Å²) in [6.07, 6.45) is 0. The molecule has 1 heterocycles. The minimum Gasteiger partial charge on any atom is -0.507 e. The number of hydrogen-bond acceptors (Lipinski definition) is 4. The summed E-state index contributed by atoms with van der Waals surface area (Å²) < 4.78 is 0. The first-order valence-electron chi connectivity index (χ1n) is 9.48. The predicted octanol–water partition coefficient (Wildman–Crippen LogP) is 4.29. The third-order valence-electron chi connectivity index (χ3n) is 5.95. The Morgan fingerprint density at radius 3 is 2.03 bits per heavy atom. The topological polar surface area (TPSA) is 66.4 Å². The monoisotopic (exact) mass is 377 g/mol. The second-order valence-electron chi connectivity index (χ2n) is 7.42. The molecule has 1 aliphatic heterocycles. The van der Waals surface area contributed by atoms with Crippen LogP contribution in [0.5, 0.6) is 5.75 Å². The van der Waals surface area contributed by atoms with Crippen LogP contribution < -0.4 is 5.32 Å². The van der Waals surface area contributed by atoms with Crippen LogP contribution in [0.2, 0.25) is 0 Å². The second kappa shape index (κ2) is 5.55. The van der Waals surface area contributed by atoms with Crippen molar-refractivity contribution in [2.24, 2.45) is 0 Å². The van der Waals surface area contributed by atoms with Crippen LogP contribution in [0.25, 0.3) is 11.3 Å². The summed E-state index contributed by atoms with van der Waals surface area (Å²) in [6.45, 7) is 0. The molecule has 1 unspecified atom stereocenters. The third-order valence-corrected chi connectivity index (χ3v) is 5.95. The molecule has 138 valence electrons. The van der Waals surface area contributed by atoms with Crippen molar-refractivity contribution in [3.05, 3.63) is 112 Å². The lowest BCUT2D eigenvalue weighted by Crippen LogP contribution is -2.26. The average Bonchev–Trinajstić information content (AvgIpc) is 3.20. The Labute approximate surface area is 166 Å². The van der Waals surface area contributed by atoms with E-state index in [-0.39, 0.29) is 23.4 Å². The molecule has 1 atom stereocenters. The lowest BCUT2D eigenvalue weighted by atomic mass is 9.84. The fraction of sp³-hybridized carbons (Fsp3) is 0.0400. The third kappa shape index (κ3) is 1.98. The van der Waals surface area contributed by atoms with Crippen LogP contribution >= 0.6 is 0 Å². The summed E-state index contributed by atoms with van der Waals surface area (Å²) >= 11 is 0. The van der Waals surface area contributed by atoms with Crippen LogP contribution in [0.1, 0.15) is 43.4 Å². The summed E-state index contributed by atoms with van der Waals surface area (Å²) in [5.41, 5.74) is 5.71. The molecule has 0 radical (unpaired) electrons. The molecule has 0 amide bonds. The highest BCUT2D eigenvalue weighted by molar-refractivity contribution is 6.33. The van der Waals surface area contributed by atoms with E-state index in [1.165, 1.54) is 0 Å². The van der Waals surface area contributed by atoms with Gasteiger partial charge in [-0.2, -0.15) is 0 Å². The molecular weight excluding hydrogens is 362 g/mol. The number of aromatic hydroxyl groups is 1. The van der Waals surface area contributed by atoms with Gasteiger partial charge < -0.3 is 10.4 Å². The number of hydrogen-bond donors (Lipinski definition) is 2. The number of fused-ring (bicyclic) bond motifs is 5. The molecule has 2 aliphatic carbocycles. The molecule has 4 heteroatoms. The number of carbonyl (C=O) groups is 2. The number of nitrogens with one attached hydrogen (secondary N) is 1. The van der Waals surface area contributed by atoms with Crippen LogP contribution in [0, 0.1) is 0 Å². The van der Waals surface area contributed by atoms with Crippen molar-refractivity contribution in [2.75, 3.05) is 0 Å². The number of carbonyl (C=O) groups excluding carboxylic acids is 2. The van der Waals surface area contributed by atoms with Gasteiger partial charge in [0.1, 0.15) is 5.75 Å². The van der Waals surface area contributed by atoms with Crippen LogP contribution in [0.15, 0.2) is 83.9 Å². The highest BCUT2D eigenvalue weighted by Gasteiger charge is 2.46. The molecule has 2 N–H and O–H groups in total. The van der Waals surface area contributed by atoms with Crippen molar-refractivity contribution in [3.63, 3.8) is 0 Å². The molecule has 3 aromatic carbocycles. The number of phenols is 1. The molecule has 0 bridgehead atoms. The van der Waals surface area contributed by atoms with Gasteiger partial charge in [0.25, 0.3) is 0 Å². The van der Waals surface area contributed by atoms with Crippen molar-refractivity contribution in [1.29, 1.82) is 0 Å². The average molecular weight is 377 g/mol. The van der Waals surface area contributed by atoms with E-state index in [1.54, 1.807) is 30.3 Å². The Morgan fingerprint density at radius 1 is 0.655 bits per heavy atom. The molecule has 6 rings (SSSR count). The Morgan fingerprint density at radius 2 is 1.28 bits per heavy atom. The Balaban J connectivity index is 1.71. The molecule has 29 heavy (non-hydrogen) atoms. The van der Waals surface area contributed by atoms with Gasteiger partial charge in [-0.05, 0) is 11.6 Å². The molecule has 4 nitrogen and oxygen atoms in total. The number of rotatable bonds is 1. The van der Waals surface area contributed by atoms with E-state index in [0.717, 1.165) is 16.8 Å². The lowest BCUT2D eigenvalue weighted by Gasteiger charge is -2.27. The quantitative estimate of drug-likeness (QED) is 0.664. The van der Waals surface area contributed by atoms with Crippen LogP contribution in [0.4, 0.5) is 0 Å². The van der Waals surface area contributed by atoms with Crippen molar-refractivity contribution in [1.82, 2.24) is 5.32 Å². The van der Waals surface area contributed by atoms with E-state index in [9.17, 15) is 14.7 Å². The SMILES string of the molecule is O=C1C2=C(NC3C(=C2c2ccccc2O)C(=O)c2ccccc23)c2ccccc21. The van der Waals surface area contributed by atoms with Gasteiger partial charge in [-0.3, -0.25) is 9.59 Å². The van der Waals surface area contributed by atoms with Crippen molar-refractivity contribution in [2.45, 2.75) is 6.04 Å². The van der Waals surface area contributed by atoms with Gasteiger partial charge in [-0.1, -0.05) is 66.7 Å². The summed E-state index contributed by atoms with van der Waals surface area (Å²) in [5.74, 6) is -0.183. The fourth-order valence-electron chi connectivity index (χ4n) is 4.71. The molecule has 3 aromatic rings. The largest absolute Gasteiger partial charge is 0.507 e. The Kier molecular flexibility index (Phi) is 3.08. The Bertz CT molecular complexity index is 1330.